The van der Waals surface area contributed by atoms with Crippen LogP contribution in [0.2, 0.25) is 0 Å². The van der Waals surface area contributed by atoms with E-state index in [1.165, 1.54) is 58.9 Å². The molecule has 0 nitrogen and oxygen atoms in total. The highest BCUT2D eigenvalue weighted by Crippen LogP contribution is 2.53. The Bertz CT molecular complexity index is 585. The summed E-state index contributed by atoms with van der Waals surface area (Å²) < 4.78 is 0. The van der Waals surface area contributed by atoms with Crippen LogP contribution in [0.1, 0.15) is 25.7 Å². The van der Waals surface area contributed by atoms with E-state index in [4.69, 9.17) is 0 Å². The molecule has 0 spiro atoms. The van der Waals surface area contributed by atoms with Gasteiger partial charge in [0.2, 0.25) is 0 Å². The fourth-order valence-corrected chi connectivity index (χ4v) is 13.4. The van der Waals surface area contributed by atoms with Gasteiger partial charge in [0.25, 0.3) is 0 Å². The van der Waals surface area contributed by atoms with Crippen LogP contribution in [0.5, 0.6) is 0 Å². The van der Waals surface area contributed by atoms with Gasteiger partial charge >= 0.3 is 0 Å². The lowest BCUT2D eigenvalue weighted by Crippen LogP contribution is -2.15. The Kier molecular flexibility index (Phi) is 6.58. The lowest BCUT2D eigenvalue weighted by atomic mass is 10.3. The standard InChI is InChI=1S/C22H29P3/c1-3-9-19(10-4-1)24-15-7-13-21(24)17-23-18-22-14-8-16-25(22)20-11-5-2-6-12-20/h1-6,9-12,21-23H,7-8,13-18H2/t21-,22-,24-,25+/m0/s1. The smallest absolute Gasteiger partial charge is 0.0132 e. The van der Waals surface area contributed by atoms with Crippen molar-refractivity contribution in [3.63, 3.8) is 0 Å². The van der Waals surface area contributed by atoms with Crippen LogP contribution in [-0.4, -0.2) is 36.0 Å². The van der Waals surface area contributed by atoms with Gasteiger partial charge < -0.3 is 0 Å². The van der Waals surface area contributed by atoms with E-state index in [9.17, 15) is 0 Å². The Balaban J connectivity index is 1.31. The van der Waals surface area contributed by atoms with E-state index in [0.29, 0.717) is 0 Å². The summed E-state index contributed by atoms with van der Waals surface area (Å²) in [5.74, 6) is 0. The molecule has 5 atom stereocenters. The predicted octanol–water partition coefficient (Wildman–Crippen LogP) is 5.60. The second kappa shape index (κ2) is 9.09. The van der Waals surface area contributed by atoms with E-state index in [0.717, 1.165) is 11.3 Å². The van der Waals surface area contributed by atoms with Gasteiger partial charge in [-0.3, -0.25) is 0 Å². The Hall–Kier alpha value is -0.270. The van der Waals surface area contributed by atoms with E-state index in [1.807, 2.05) is 0 Å². The van der Waals surface area contributed by atoms with E-state index >= 15 is 0 Å². The zero-order valence-corrected chi connectivity index (χ0v) is 17.8. The first-order valence-electron chi connectivity index (χ1n) is 9.76. The van der Waals surface area contributed by atoms with Gasteiger partial charge in [-0.1, -0.05) is 76.5 Å². The molecule has 0 aromatic heterocycles. The van der Waals surface area contributed by atoms with E-state index in [-0.39, 0.29) is 15.8 Å². The average Bonchev–Trinajstić information content (AvgIpc) is 3.33. The van der Waals surface area contributed by atoms with Gasteiger partial charge in [0, 0.05) is 0 Å². The van der Waals surface area contributed by atoms with Crippen molar-refractivity contribution in [3.05, 3.63) is 60.7 Å². The monoisotopic (exact) mass is 386 g/mol. The van der Waals surface area contributed by atoms with Crippen LogP contribution in [0.4, 0.5) is 0 Å². The average molecular weight is 386 g/mol. The molecule has 2 aromatic rings. The third-order valence-corrected chi connectivity index (χ3v) is 14.1. The first kappa shape index (κ1) is 18.1. The van der Waals surface area contributed by atoms with E-state index < -0.39 is 0 Å². The third-order valence-electron chi connectivity index (χ3n) is 5.69. The molecular weight excluding hydrogens is 357 g/mol. The highest BCUT2D eigenvalue weighted by molar-refractivity contribution is 7.68. The number of hydrogen-bond donors (Lipinski definition) is 0. The van der Waals surface area contributed by atoms with Crippen LogP contribution in [0.25, 0.3) is 0 Å². The summed E-state index contributed by atoms with van der Waals surface area (Å²) in [6.45, 7) is 0. The first-order chi connectivity index (χ1) is 12.4. The molecule has 2 aliphatic heterocycles. The Labute approximate surface area is 157 Å². The maximum absolute atomic E-state index is 2.39. The maximum atomic E-state index is 2.39. The SMILES string of the molecule is c1ccc([P@@]2CCC[C@H]2CPC[C@@H]2CCC[P@@]2c2ccccc2)cc1. The van der Waals surface area contributed by atoms with Crippen LogP contribution in [-0.2, 0) is 0 Å². The summed E-state index contributed by atoms with van der Waals surface area (Å²) >= 11 is 0. The van der Waals surface area contributed by atoms with Crippen molar-refractivity contribution < 1.29 is 0 Å². The van der Waals surface area contributed by atoms with E-state index in [2.05, 4.69) is 60.7 Å². The summed E-state index contributed by atoms with van der Waals surface area (Å²) in [6.07, 6.45) is 11.9. The van der Waals surface area contributed by atoms with Crippen molar-refractivity contribution >= 4 is 35.0 Å². The molecule has 2 saturated heterocycles. The molecule has 1 unspecified atom stereocenters. The van der Waals surface area contributed by atoms with Crippen molar-refractivity contribution in [2.24, 2.45) is 0 Å². The molecule has 2 fully saturated rings. The van der Waals surface area contributed by atoms with Crippen LogP contribution in [0.3, 0.4) is 0 Å². The summed E-state index contributed by atoms with van der Waals surface area (Å²) in [5.41, 5.74) is 2.03. The summed E-state index contributed by atoms with van der Waals surface area (Å²) in [4.78, 5) is 0. The minimum absolute atomic E-state index is 0.130. The maximum Gasteiger partial charge on any atom is -0.0132 e. The van der Waals surface area contributed by atoms with Crippen molar-refractivity contribution in [1.29, 1.82) is 0 Å². The Morgan fingerprint density at radius 2 is 1.12 bits per heavy atom. The molecule has 3 heteroatoms. The fraction of sp³-hybridized carbons (Fsp3) is 0.455. The molecule has 25 heavy (non-hydrogen) atoms. The highest BCUT2D eigenvalue weighted by atomic mass is 31.1. The topological polar surface area (TPSA) is 0 Å². The summed E-state index contributed by atoms with van der Waals surface area (Å²) in [6, 6.07) is 22.8. The van der Waals surface area contributed by atoms with Gasteiger partial charge in [-0.2, -0.15) is 0 Å². The molecule has 0 amide bonds. The lowest BCUT2D eigenvalue weighted by Gasteiger charge is -2.24. The molecule has 0 radical (unpaired) electrons. The van der Waals surface area contributed by atoms with Crippen LogP contribution in [0, 0.1) is 0 Å². The van der Waals surface area contributed by atoms with Crippen LogP contribution in [0.15, 0.2) is 60.7 Å². The second-order valence-corrected chi connectivity index (χ2v) is 13.9. The molecule has 2 aromatic carbocycles. The quantitative estimate of drug-likeness (QED) is 0.567. The van der Waals surface area contributed by atoms with Gasteiger partial charge in [-0.25, -0.2) is 0 Å². The molecular formula is C22H29P3. The van der Waals surface area contributed by atoms with Gasteiger partial charge in [0.1, 0.15) is 0 Å². The Morgan fingerprint density at radius 3 is 1.56 bits per heavy atom. The number of hydrogen-bond acceptors (Lipinski definition) is 0. The number of rotatable bonds is 6. The second-order valence-electron chi connectivity index (χ2n) is 7.31. The van der Waals surface area contributed by atoms with Gasteiger partial charge in [-0.05, 0) is 72.3 Å². The molecule has 132 valence electrons. The largest absolute Gasteiger partial charge is 0.121 e. The van der Waals surface area contributed by atoms with Crippen molar-refractivity contribution in [3.8, 4) is 0 Å². The summed E-state index contributed by atoms with van der Waals surface area (Å²) in [5, 5.41) is 3.33. The van der Waals surface area contributed by atoms with Gasteiger partial charge in [-0.15, -0.1) is 8.58 Å². The third kappa shape index (κ3) is 4.53. The van der Waals surface area contributed by atoms with Crippen molar-refractivity contribution in [1.82, 2.24) is 0 Å². The minimum atomic E-state index is 0.130. The van der Waals surface area contributed by atoms with Crippen molar-refractivity contribution in [2.75, 3.05) is 24.6 Å². The first-order valence-corrected chi connectivity index (χ1v) is 14.4. The molecule has 0 bridgehead atoms. The summed E-state index contributed by atoms with van der Waals surface area (Å²) in [7, 11) is 1.45. The van der Waals surface area contributed by atoms with E-state index in [1.54, 1.807) is 10.6 Å². The van der Waals surface area contributed by atoms with Gasteiger partial charge in [0.05, 0.1) is 0 Å². The minimum Gasteiger partial charge on any atom is -0.121 e. The molecule has 0 aliphatic carbocycles. The Morgan fingerprint density at radius 1 is 0.680 bits per heavy atom. The fourth-order valence-electron chi connectivity index (χ4n) is 4.43. The molecule has 4 rings (SSSR count). The zero-order valence-electron chi connectivity index (χ0n) is 15.0. The molecule has 0 saturated carbocycles. The molecule has 0 N–H and O–H groups in total. The van der Waals surface area contributed by atoms with Crippen LogP contribution < -0.4 is 10.6 Å². The zero-order chi connectivity index (χ0) is 16.9. The van der Waals surface area contributed by atoms with Crippen molar-refractivity contribution in [2.45, 2.75) is 37.0 Å². The predicted molar refractivity (Wildman–Crippen MR) is 120 cm³/mol. The highest BCUT2D eigenvalue weighted by Gasteiger charge is 2.30. The normalized spacial score (nSPS) is 29.6. The van der Waals surface area contributed by atoms with Gasteiger partial charge in [0.15, 0.2) is 0 Å². The number of benzene rings is 2. The molecule has 2 heterocycles. The van der Waals surface area contributed by atoms with Crippen LogP contribution >= 0.6 is 24.4 Å². The molecule has 2 aliphatic rings. The lowest BCUT2D eigenvalue weighted by molar-refractivity contribution is 0.829.